The van der Waals surface area contributed by atoms with Gasteiger partial charge in [0.15, 0.2) is 0 Å². The fourth-order valence-corrected chi connectivity index (χ4v) is 11.7. The van der Waals surface area contributed by atoms with Crippen LogP contribution in [0.25, 0.3) is 11.1 Å². The molecule has 5 N–H and O–H groups in total. The predicted octanol–water partition coefficient (Wildman–Crippen LogP) is 7.98. The Kier molecular flexibility index (Phi) is 19.9. The van der Waals surface area contributed by atoms with Gasteiger partial charge in [-0.25, -0.2) is 25.9 Å². The molecule has 2 saturated heterocycles. The quantitative estimate of drug-likeness (QED) is 0.0303. The third-order valence-corrected chi connectivity index (χ3v) is 16.7. The van der Waals surface area contributed by atoms with Gasteiger partial charge < -0.3 is 30.4 Å². The van der Waals surface area contributed by atoms with Crippen LogP contribution in [0.15, 0.2) is 136 Å². The largest absolute Gasteiger partial charge is 0.501 e. The molecule has 0 bridgehead atoms. The predicted molar refractivity (Wildman–Crippen MR) is 270 cm³/mol. The maximum atomic E-state index is 14.3. The molecule has 5 aromatic carbocycles. The van der Waals surface area contributed by atoms with Gasteiger partial charge in [0.05, 0.1) is 22.8 Å². The third kappa shape index (κ3) is 14.9. The van der Waals surface area contributed by atoms with Crippen molar-refractivity contribution in [3.63, 3.8) is 0 Å². The molecule has 72 heavy (non-hydrogen) atoms. The van der Waals surface area contributed by atoms with Gasteiger partial charge in [0.2, 0.25) is 0 Å². The first-order valence-corrected chi connectivity index (χ1v) is 27.3. The lowest BCUT2D eigenvalue weighted by atomic mass is 9.84. The van der Waals surface area contributed by atoms with Gasteiger partial charge in [-0.2, -0.15) is 13.2 Å². The van der Waals surface area contributed by atoms with Gasteiger partial charge in [0.1, 0.15) is 11.6 Å². The number of alkyl halides is 4. The summed E-state index contributed by atoms with van der Waals surface area (Å²) in [6.45, 7) is 3.05. The number of carbonyl (C=O) groups is 2. The Balaban J connectivity index is 0.00000275. The zero-order chi connectivity index (χ0) is 52.1. The Hall–Kier alpha value is -5.26. The molecule has 7 rings (SSSR count). The molecule has 2 fully saturated rings. The molecule has 14 nitrogen and oxygen atoms in total. The number of nitrogens with one attached hydrogen (secondary N) is 2. The first kappa shape index (κ1) is 56.0. The normalized spacial score (nSPS) is 16.5. The average Bonchev–Trinajstić information content (AvgIpc) is 3.37. The Labute approximate surface area is 426 Å². The molecule has 388 valence electrons. The minimum atomic E-state index is -6.12. The molecule has 0 saturated carbocycles. The molecular weight excluding hydrogens is 1020 g/mol. The molecule has 2 aliphatic heterocycles. The summed E-state index contributed by atoms with van der Waals surface area (Å²) in [5.41, 5.74) is -2.88. The van der Waals surface area contributed by atoms with E-state index in [-0.39, 0.29) is 24.5 Å². The Morgan fingerprint density at radius 2 is 1.43 bits per heavy atom. The molecule has 3 atom stereocenters. The summed E-state index contributed by atoms with van der Waals surface area (Å²) in [5.74, 6) is -0.811. The van der Waals surface area contributed by atoms with Crippen LogP contribution in [0.1, 0.15) is 41.3 Å². The maximum Gasteiger partial charge on any atom is 0.501 e. The highest BCUT2D eigenvalue weighted by Gasteiger charge is 2.48. The van der Waals surface area contributed by atoms with Gasteiger partial charge in [0.25, 0.3) is 32.2 Å². The molecule has 0 aromatic heterocycles. The number of carboxylic acid groups (broad SMARTS) is 1. The van der Waals surface area contributed by atoms with Crippen LogP contribution < -0.4 is 14.9 Å². The standard InChI is InChI=1S/C49H54ClF4N5O7S3.CH2O2/c50-37-14-10-34(11-15-37)43-8-4-5-9-44(43)47(61)35-20-24-59(25-21-35)39-16-12-36(13-17-39)48(62)56-69(65,66)42-18-19-45(46(30-42)68(63,64)49(52,53)54)55-38(33-67-41-6-2-1-3-7-41)22-23-57-26-28-58(29-27-57)32-40(60)31-51;2-1-3/h1-19,30,35,38,40,47,55,60-61H,20-29,31-33H2,(H,56,62);1H,(H,2,3)/t38-,40-,47-;/m1./s1. The van der Waals surface area contributed by atoms with Gasteiger partial charge in [0, 0.05) is 85.3 Å². The molecule has 1 amide bonds. The minimum absolute atomic E-state index is 0.0305. The molecule has 22 heteroatoms. The van der Waals surface area contributed by atoms with Gasteiger partial charge in [-0.1, -0.05) is 66.2 Å². The topological polar surface area (TPSA) is 197 Å². The highest BCUT2D eigenvalue weighted by molar-refractivity contribution is 7.99. The van der Waals surface area contributed by atoms with Crippen molar-refractivity contribution in [2.24, 2.45) is 5.92 Å². The van der Waals surface area contributed by atoms with Crippen molar-refractivity contribution >= 4 is 67.0 Å². The minimum Gasteiger partial charge on any atom is -0.483 e. The second-order valence-corrected chi connectivity index (χ2v) is 22.4. The smallest absolute Gasteiger partial charge is 0.483 e. The fourth-order valence-electron chi connectivity index (χ4n) is 8.59. The van der Waals surface area contributed by atoms with Crippen LogP contribution in [0.2, 0.25) is 5.02 Å². The summed E-state index contributed by atoms with van der Waals surface area (Å²) in [4.78, 5) is 26.5. The second-order valence-electron chi connectivity index (χ2n) is 17.3. The highest BCUT2D eigenvalue weighted by Crippen LogP contribution is 2.39. The summed E-state index contributed by atoms with van der Waals surface area (Å²) in [6, 6.07) is 32.2. The van der Waals surface area contributed by atoms with Gasteiger partial charge in [-0.15, -0.1) is 11.8 Å². The summed E-state index contributed by atoms with van der Waals surface area (Å²) in [6.07, 6.45) is -0.112. The van der Waals surface area contributed by atoms with Crippen LogP contribution in [0, 0.1) is 5.92 Å². The number of β-amino-alcohol motifs (C(OH)–C–C–N with tert-alkyl or cyclic N) is 1. The summed E-state index contributed by atoms with van der Waals surface area (Å²) in [5, 5.41) is 31.7. The van der Waals surface area contributed by atoms with Crippen molar-refractivity contribution in [1.82, 2.24) is 14.5 Å². The number of piperazine rings is 1. The summed E-state index contributed by atoms with van der Waals surface area (Å²) < 4.78 is 111. The number of carbonyl (C=O) groups excluding carboxylic acids is 1. The molecule has 0 unspecified atom stereocenters. The molecule has 0 radical (unpaired) electrons. The molecule has 0 aliphatic carbocycles. The zero-order valence-corrected chi connectivity index (χ0v) is 42.1. The van der Waals surface area contributed by atoms with E-state index in [0.29, 0.717) is 81.9 Å². The van der Waals surface area contributed by atoms with Crippen LogP contribution >= 0.6 is 23.4 Å². The maximum absolute atomic E-state index is 14.3. The Morgan fingerprint density at radius 3 is 2.06 bits per heavy atom. The first-order valence-electron chi connectivity index (χ1n) is 22.9. The summed E-state index contributed by atoms with van der Waals surface area (Å²) in [7, 11) is -11.0. The van der Waals surface area contributed by atoms with Crippen molar-refractivity contribution in [2.45, 2.75) is 57.7 Å². The first-order chi connectivity index (χ1) is 34.3. The van der Waals surface area contributed by atoms with Crippen molar-refractivity contribution in [1.29, 1.82) is 0 Å². The van der Waals surface area contributed by atoms with E-state index >= 15 is 0 Å². The Morgan fingerprint density at radius 1 is 0.819 bits per heavy atom. The van der Waals surface area contributed by atoms with Gasteiger partial charge in [-0.05, 0) is 109 Å². The molecule has 2 aliphatic rings. The molecular formula is C50H56ClF4N5O9S3. The number of thioether (sulfide) groups is 1. The number of sulfonamides is 1. The van der Waals surface area contributed by atoms with Crippen LogP contribution in [0.5, 0.6) is 0 Å². The fraction of sp³-hybridized carbons (Fsp3) is 0.360. The van der Waals surface area contributed by atoms with Crippen molar-refractivity contribution < 1.29 is 59.3 Å². The lowest BCUT2D eigenvalue weighted by Gasteiger charge is -2.36. The number of sulfone groups is 1. The van der Waals surface area contributed by atoms with E-state index in [9.17, 15) is 49.4 Å². The molecule has 5 aromatic rings. The third-order valence-electron chi connectivity index (χ3n) is 12.5. The van der Waals surface area contributed by atoms with Crippen LogP contribution in [-0.4, -0.2) is 137 Å². The average molecular weight is 1080 g/mol. The SMILES string of the molecule is O=C(NS(=O)(=O)c1ccc(N[C@H](CCN2CCN(C[C@H](O)CF)CC2)CSc2ccccc2)c(S(=O)(=O)C(F)(F)F)c1)c1ccc(N2CCC([C@@H](O)c3ccccc3-c3ccc(Cl)cc3)CC2)cc1.O=CO. The van der Waals surface area contributed by atoms with Crippen molar-refractivity contribution in [3.05, 3.63) is 137 Å². The Bertz CT molecular complexity index is 2790. The zero-order valence-electron chi connectivity index (χ0n) is 38.9. The number of aliphatic hydroxyl groups is 2. The number of piperidine rings is 1. The van der Waals surface area contributed by atoms with Crippen molar-refractivity contribution in [2.75, 3.05) is 75.0 Å². The van der Waals surface area contributed by atoms with Gasteiger partial charge in [-0.3, -0.25) is 14.5 Å². The number of hydrogen-bond acceptors (Lipinski definition) is 13. The number of benzene rings is 5. The van der Waals surface area contributed by atoms with Crippen molar-refractivity contribution in [3.8, 4) is 11.1 Å². The summed E-state index contributed by atoms with van der Waals surface area (Å²) >= 11 is 7.50. The number of anilines is 2. The molecule has 0 spiro atoms. The van der Waals surface area contributed by atoms with E-state index in [4.69, 9.17) is 21.5 Å². The monoisotopic (exact) mass is 1080 g/mol. The van der Waals surface area contributed by atoms with E-state index in [1.165, 1.54) is 23.9 Å². The number of aliphatic hydroxyl groups excluding tert-OH is 2. The van der Waals surface area contributed by atoms with Crippen LogP contribution in [0.3, 0.4) is 0 Å². The highest BCUT2D eigenvalue weighted by atomic mass is 35.5. The van der Waals surface area contributed by atoms with E-state index in [1.807, 2.05) is 76.4 Å². The van der Waals surface area contributed by atoms with E-state index in [1.54, 1.807) is 24.3 Å². The lowest BCUT2D eigenvalue weighted by Crippen LogP contribution is -2.49. The number of rotatable bonds is 19. The lowest BCUT2D eigenvalue weighted by molar-refractivity contribution is -0.122. The van der Waals surface area contributed by atoms with Crippen LogP contribution in [0.4, 0.5) is 28.9 Å². The number of nitrogens with zero attached hydrogens (tertiary/aromatic N) is 3. The number of amides is 1. The number of hydrogen-bond donors (Lipinski definition) is 5. The van der Waals surface area contributed by atoms with E-state index in [2.05, 4.69) is 15.1 Å². The van der Waals surface area contributed by atoms with Gasteiger partial charge >= 0.3 is 5.51 Å². The van der Waals surface area contributed by atoms with Crippen LogP contribution in [-0.2, 0) is 24.7 Å². The number of halogens is 5. The second kappa shape index (κ2) is 25.6. The molecule has 2 heterocycles. The van der Waals surface area contributed by atoms with E-state index < -0.39 is 71.7 Å². The van der Waals surface area contributed by atoms with E-state index in [0.717, 1.165) is 39.4 Å².